The summed E-state index contributed by atoms with van der Waals surface area (Å²) in [5.41, 5.74) is 0. The van der Waals surface area contributed by atoms with Crippen molar-refractivity contribution in [2.24, 2.45) is 0 Å². The molecule has 0 aromatic carbocycles. The maximum atomic E-state index is 13.2. The van der Waals surface area contributed by atoms with Crippen molar-refractivity contribution in [2.75, 3.05) is 26.2 Å². The highest BCUT2D eigenvalue weighted by atomic mass is 16.2. The van der Waals surface area contributed by atoms with E-state index in [2.05, 4.69) is 14.7 Å². The largest absolute Gasteiger partial charge is 0.341 e. The standard InChI is InChI=1S/C20H33N3O2/c24-19-9-5-13-23(19)17-10-14-21(15-11-17)20(25)18-8-3-4-12-22(18)16-6-1-2-7-16/h16-18H,1-15H2/t18-/m1/s1. The van der Waals surface area contributed by atoms with Crippen LogP contribution in [0.1, 0.15) is 70.6 Å². The first-order valence-corrected chi connectivity index (χ1v) is 10.6. The van der Waals surface area contributed by atoms with Crippen LogP contribution in [0.15, 0.2) is 0 Å². The van der Waals surface area contributed by atoms with Gasteiger partial charge in [-0.3, -0.25) is 14.5 Å². The first-order valence-electron chi connectivity index (χ1n) is 10.6. The van der Waals surface area contributed by atoms with E-state index in [4.69, 9.17) is 0 Å². The maximum absolute atomic E-state index is 13.2. The summed E-state index contributed by atoms with van der Waals surface area (Å²) in [5.74, 6) is 0.697. The summed E-state index contributed by atoms with van der Waals surface area (Å²) in [6, 6.07) is 1.15. The molecule has 3 saturated heterocycles. The molecule has 0 unspecified atom stereocenters. The summed E-state index contributed by atoms with van der Waals surface area (Å²) in [6.45, 7) is 3.71. The third kappa shape index (κ3) is 3.57. The van der Waals surface area contributed by atoms with E-state index in [-0.39, 0.29) is 6.04 Å². The number of likely N-dealkylation sites (tertiary alicyclic amines) is 3. The predicted molar refractivity (Wildman–Crippen MR) is 97.2 cm³/mol. The number of amides is 2. The Bertz CT molecular complexity index is 495. The monoisotopic (exact) mass is 347 g/mol. The number of hydrogen-bond donors (Lipinski definition) is 0. The van der Waals surface area contributed by atoms with E-state index >= 15 is 0 Å². The van der Waals surface area contributed by atoms with Gasteiger partial charge in [-0.2, -0.15) is 0 Å². The molecular weight excluding hydrogens is 314 g/mol. The molecule has 5 nitrogen and oxygen atoms in total. The van der Waals surface area contributed by atoms with Crippen LogP contribution in [-0.2, 0) is 9.59 Å². The summed E-state index contributed by atoms with van der Waals surface area (Å²) in [6.07, 6.45) is 12.4. The first-order chi connectivity index (χ1) is 12.2. The smallest absolute Gasteiger partial charge is 0.239 e. The van der Waals surface area contributed by atoms with E-state index in [0.717, 1.165) is 58.3 Å². The molecule has 1 saturated carbocycles. The fourth-order valence-electron chi connectivity index (χ4n) is 5.56. The molecule has 0 radical (unpaired) electrons. The molecule has 4 aliphatic rings. The number of nitrogens with zero attached hydrogens (tertiary/aromatic N) is 3. The highest BCUT2D eigenvalue weighted by Crippen LogP contribution is 2.31. The van der Waals surface area contributed by atoms with Crippen molar-refractivity contribution < 1.29 is 9.59 Å². The fraction of sp³-hybridized carbons (Fsp3) is 0.900. The summed E-state index contributed by atoms with van der Waals surface area (Å²) in [4.78, 5) is 31.9. The molecule has 4 fully saturated rings. The van der Waals surface area contributed by atoms with Crippen LogP contribution in [0.3, 0.4) is 0 Å². The Balaban J connectivity index is 1.35. The Hall–Kier alpha value is -1.10. The van der Waals surface area contributed by atoms with Gasteiger partial charge in [0.25, 0.3) is 0 Å². The van der Waals surface area contributed by atoms with Crippen LogP contribution >= 0.6 is 0 Å². The van der Waals surface area contributed by atoms with E-state index in [1.807, 2.05) is 0 Å². The Morgan fingerprint density at radius 2 is 1.48 bits per heavy atom. The molecule has 4 rings (SSSR count). The average Bonchev–Trinajstić information content (AvgIpc) is 3.33. The number of hydrogen-bond acceptors (Lipinski definition) is 3. The van der Waals surface area contributed by atoms with Crippen LogP contribution in [0.25, 0.3) is 0 Å². The summed E-state index contributed by atoms with van der Waals surface area (Å²) >= 11 is 0. The molecule has 3 heterocycles. The van der Waals surface area contributed by atoms with Gasteiger partial charge in [0.1, 0.15) is 0 Å². The summed E-state index contributed by atoms with van der Waals surface area (Å²) < 4.78 is 0. The molecule has 0 bridgehead atoms. The molecule has 140 valence electrons. The van der Waals surface area contributed by atoms with E-state index < -0.39 is 0 Å². The van der Waals surface area contributed by atoms with Crippen LogP contribution in [0.2, 0.25) is 0 Å². The van der Waals surface area contributed by atoms with E-state index in [0.29, 0.717) is 23.9 Å². The van der Waals surface area contributed by atoms with Gasteiger partial charge in [0.2, 0.25) is 11.8 Å². The van der Waals surface area contributed by atoms with Gasteiger partial charge in [0.15, 0.2) is 0 Å². The number of carbonyl (C=O) groups excluding carboxylic acids is 2. The highest BCUT2D eigenvalue weighted by Gasteiger charge is 2.38. The molecule has 0 spiro atoms. The lowest BCUT2D eigenvalue weighted by Gasteiger charge is -2.43. The van der Waals surface area contributed by atoms with Crippen molar-refractivity contribution in [1.82, 2.24) is 14.7 Å². The minimum absolute atomic E-state index is 0.127. The minimum atomic E-state index is 0.127. The SMILES string of the molecule is O=C([C@H]1CCCCN1C1CCCC1)N1CCC(N2CCCC2=O)CC1. The van der Waals surface area contributed by atoms with Gasteiger partial charge in [-0.05, 0) is 51.5 Å². The third-order valence-corrected chi connectivity index (χ3v) is 6.95. The Kier molecular flexibility index (Phi) is 5.30. The van der Waals surface area contributed by atoms with Gasteiger partial charge >= 0.3 is 0 Å². The van der Waals surface area contributed by atoms with Gasteiger partial charge < -0.3 is 9.80 Å². The van der Waals surface area contributed by atoms with Crippen LogP contribution in [0.4, 0.5) is 0 Å². The average molecular weight is 348 g/mol. The molecule has 25 heavy (non-hydrogen) atoms. The van der Waals surface area contributed by atoms with Crippen molar-refractivity contribution in [3.63, 3.8) is 0 Å². The van der Waals surface area contributed by atoms with E-state index in [1.165, 1.54) is 38.5 Å². The minimum Gasteiger partial charge on any atom is -0.341 e. The normalized spacial score (nSPS) is 30.4. The lowest BCUT2D eigenvalue weighted by Crippen LogP contribution is -2.56. The zero-order valence-corrected chi connectivity index (χ0v) is 15.5. The fourth-order valence-corrected chi connectivity index (χ4v) is 5.56. The number of rotatable bonds is 3. The summed E-state index contributed by atoms with van der Waals surface area (Å²) in [5, 5.41) is 0. The molecule has 0 aromatic rings. The zero-order chi connectivity index (χ0) is 17.2. The van der Waals surface area contributed by atoms with Crippen molar-refractivity contribution in [1.29, 1.82) is 0 Å². The van der Waals surface area contributed by atoms with E-state index in [9.17, 15) is 9.59 Å². The maximum Gasteiger partial charge on any atom is 0.239 e. The third-order valence-electron chi connectivity index (χ3n) is 6.95. The second-order valence-electron chi connectivity index (χ2n) is 8.43. The number of carbonyl (C=O) groups is 2. The van der Waals surface area contributed by atoms with Crippen LogP contribution in [0, 0.1) is 0 Å². The van der Waals surface area contributed by atoms with Gasteiger partial charge in [-0.25, -0.2) is 0 Å². The second-order valence-corrected chi connectivity index (χ2v) is 8.43. The van der Waals surface area contributed by atoms with Crippen LogP contribution < -0.4 is 0 Å². The molecule has 1 aliphatic carbocycles. The molecule has 2 amide bonds. The van der Waals surface area contributed by atoms with Gasteiger partial charge in [0, 0.05) is 38.1 Å². The molecule has 0 aromatic heterocycles. The Morgan fingerprint density at radius 3 is 2.16 bits per heavy atom. The highest BCUT2D eigenvalue weighted by molar-refractivity contribution is 5.82. The lowest BCUT2D eigenvalue weighted by atomic mass is 9.96. The predicted octanol–water partition coefficient (Wildman–Crippen LogP) is 2.40. The van der Waals surface area contributed by atoms with Crippen molar-refractivity contribution in [3.05, 3.63) is 0 Å². The Morgan fingerprint density at radius 1 is 0.760 bits per heavy atom. The quantitative estimate of drug-likeness (QED) is 0.787. The zero-order valence-electron chi connectivity index (χ0n) is 15.5. The van der Waals surface area contributed by atoms with Crippen molar-refractivity contribution in [3.8, 4) is 0 Å². The van der Waals surface area contributed by atoms with Gasteiger partial charge in [0.05, 0.1) is 6.04 Å². The number of piperidine rings is 2. The summed E-state index contributed by atoms with van der Waals surface area (Å²) in [7, 11) is 0. The van der Waals surface area contributed by atoms with Crippen LogP contribution in [0.5, 0.6) is 0 Å². The molecular formula is C20H33N3O2. The lowest BCUT2D eigenvalue weighted by molar-refractivity contribution is -0.141. The van der Waals surface area contributed by atoms with Gasteiger partial charge in [-0.15, -0.1) is 0 Å². The molecule has 5 heteroatoms. The Labute approximate surface area is 151 Å². The second kappa shape index (κ2) is 7.65. The van der Waals surface area contributed by atoms with Crippen molar-refractivity contribution in [2.45, 2.75) is 88.8 Å². The molecule has 1 atom stereocenters. The first kappa shape index (κ1) is 17.3. The molecule has 0 N–H and O–H groups in total. The van der Waals surface area contributed by atoms with Gasteiger partial charge in [-0.1, -0.05) is 19.3 Å². The topological polar surface area (TPSA) is 43.9 Å². The van der Waals surface area contributed by atoms with Crippen molar-refractivity contribution >= 4 is 11.8 Å². The molecule has 3 aliphatic heterocycles. The van der Waals surface area contributed by atoms with Crippen LogP contribution in [-0.4, -0.2) is 70.8 Å². The van der Waals surface area contributed by atoms with E-state index in [1.54, 1.807) is 0 Å².